The number of aliphatic hydroxyl groups excluding tert-OH is 2. The first kappa shape index (κ1) is 17.4. The summed E-state index contributed by atoms with van der Waals surface area (Å²) in [6, 6.07) is 7.02. The van der Waals surface area contributed by atoms with Crippen LogP contribution in [0.3, 0.4) is 0 Å². The monoisotopic (exact) mass is 318 g/mol. The topological polar surface area (TPSA) is 83.8 Å². The first-order chi connectivity index (χ1) is 11.0. The van der Waals surface area contributed by atoms with Crippen molar-refractivity contribution in [3.63, 3.8) is 0 Å². The van der Waals surface area contributed by atoms with Crippen molar-refractivity contribution in [3.05, 3.63) is 41.5 Å². The van der Waals surface area contributed by atoms with Crippen molar-refractivity contribution in [2.24, 2.45) is 0 Å². The summed E-state index contributed by atoms with van der Waals surface area (Å²) in [5.41, 5.74) is 1.12. The second kappa shape index (κ2) is 8.04. The Hall–Kier alpha value is -1.98. The molecule has 0 aromatic heterocycles. The molecule has 0 amide bonds. The highest BCUT2D eigenvalue weighted by atomic mass is 16.5. The molecule has 0 saturated heterocycles. The third kappa shape index (κ3) is 4.74. The Kier molecular flexibility index (Phi) is 6.07. The van der Waals surface area contributed by atoms with Gasteiger partial charge in [0, 0.05) is 0 Å². The molecule has 0 bridgehead atoms. The Morgan fingerprint density at radius 1 is 1.09 bits per heavy atom. The number of benzene rings is 1. The van der Waals surface area contributed by atoms with Crippen molar-refractivity contribution in [1.29, 1.82) is 0 Å². The number of ketones is 1. The van der Waals surface area contributed by atoms with Crippen LogP contribution in [0.4, 0.5) is 0 Å². The summed E-state index contributed by atoms with van der Waals surface area (Å²) in [6.45, 7) is 1.78. The van der Waals surface area contributed by atoms with Gasteiger partial charge in [0.1, 0.15) is 12.2 Å². The van der Waals surface area contributed by atoms with Crippen molar-refractivity contribution in [2.45, 2.75) is 50.9 Å². The number of carbonyl (C=O) groups excluding carboxylic acids is 2. The molecule has 0 fully saturated rings. The molecule has 5 nitrogen and oxygen atoms in total. The standard InChI is InChI=1S/C18H22O5/c1-12-6-4-10-15(19)17(21)16(20)11-5-8-13-7-2-3-9-14(13)18(22)23-12/h2-3,5,7-9,12,15-16,19-20H,4,6,10-11H2,1H3/b8-5+/t12-,15-,16+/m0/s1. The van der Waals surface area contributed by atoms with Gasteiger partial charge in [0.05, 0.1) is 11.7 Å². The van der Waals surface area contributed by atoms with Gasteiger partial charge in [0.2, 0.25) is 0 Å². The van der Waals surface area contributed by atoms with Crippen molar-refractivity contribution >= 4 is 17.8 Å². The lowest BCUT2D eigenvalue weighted by atomic mass is 10.00. The van der Waals surface area contributed by atoms with E-state index in [0.29, 0.717) is 24.0 Å². The van der Waals surface area contributed by atoms with Crippen LogP contribution in [0.15, 0.2) is 30.3 Å². The zero-order valence-corrected chi connectivity index (χ0v) is 13.1. The molecule has 0 saturated carbocycles. The molecule has 0 radical (unpaired) electrons. The summed E-state index contributed by atoms with van der Waals surface area (Å²) >= 11 is 0. The van der Waals surface area contributed by atoms with Gasteiger partial charge in [-0.25, -0.2) is 4.79 Å². The molecular weight excluding hydrogens is 296 g/mol. The molecule has 1 aromatic rings. The molecule has 0 unspecified atom stereocenters. The zero-order chi connectivity index (χ0) is 16.8. The van der Waals surface area contributed by atoms with Gasteiger partial charge in [-0.15, -0.1) is 0 Å². The number of esters is 1. The average molecular weight is 318 g/mol. The van der Waals surface area contributed by atoms with Gasteiger partial charge >= 0.3 is 5.97 Å². The molecule has 1 aromatic carbocycles. The number of rotatable bonds is 0. The van der Waals surface area contributed by atoms with E-state index in [1.165, 1.54) is 0 Å². The molecule has 124 valence electrons. The van der Waals surface area contributed by atoms with Crippen molar-refractivity contribution in [3.8, 4) is 0 Å². The summed E-state index contributed by atoms with van der Waals surface area (Å²) in [7, 11) is 0. The molecule has 23 heavy (non-hydrogen) atoms. The molecule has 5 heteroatoms. The van der Waals surface area contributed by atoms with Gasteiger partial charge in [0.15, 0.2) is 5.78 Å². The van der Waals surface area contributed by atoms with Crippen LogP contribution in [0.2, 0.25) is 0 Å². The fourth-order valence-electron chi connectivity index (χ4n) is 2.54. The Labute approximate surface area is 135 Å². The predicted octanol–water partition coefficient (Wildman–Crippen LogP) is 2.11. The number of carbonyl (C=O) groups is 2. The third-order valence-electron chi connectivity index (χ3n) is 3.89. The van der Waals surface area contributed by atoms with Crippen LogP contribution >= 0.6 is 0 Å². The number of ether oxygens (including phenoxy) is 1. The molecule has 2 rings (SSSR count). The lowest BCUT2D eigenvalue weighted by Gasteiger charge is -2.17. The van der Waals surface area contributed by atoms with Gasteiger partial charge < -0.3 is 14.9 Å². The minimum atomic E-state index is -1.24. The molecule has 1 aliphatic heterocycles. The highest BCUT2D eigenvalue weighted by Crippen LogP contribution is 2.17. The van der Waals surface area contributed by atoms with E-state index in [-0.39, 0.29) is 18.9 Å². The summed E-state index contributed by atoms with van der Waals surface area (Å²) < 4.78 is 5.42. The number of aliphatic hydroxyl groups is 2. The van der Waals surface area contributed by atoms with Crippen LogP contribution < -0.4 is 0 Å². The number of fused-ring (bicyclic) bond motifs is 1. The Morgan fingerprint density at radius 3 is 2.61 bits per heavy atom. The summed E-state index contributed by atoms with van der Waals surface area (Å²) in [5.74, 6) is -0.961. The fourth-order valence-corrected chi connectivity index (χ4v) is 2.54. The number of Topliss-reactive ketones (excluding diaryl/α,β-unsaturated/α-hetero) is 1. The quantitative estimate of drug-likeness (QED) is 0.716. The predicted molar refractivity (Wildman–Crippen MR) is 85.8 cm³/mol. The summed E-state index contributed by atoms with van der Waals surface area (Å²) in [6.07, 6.45) is 1.99. The normalized spacial score (nSPS) is 28.4. The van der Waals surface area contributed by atoms with E-state index in [4.69, 9.17) is 4.74 Å². The van der Waals surface area contributed by atoms with Crippen LogP contribution in [-0.2, 0) is 9.53 Å². The van der Waals surface area contributed by atoms with Crippen LogP contribution in [0, 0.1) is 0 Å². The largest absolute Gasteiger partial charge is 0.459 e. The molecular formula is C18H22O5. The van der Waals surface area contributed by atoms with Crippen LogP contribution in [0.5, 0.6) is 0 Å². The van der Waals surface area contributed by atoms with Crippen LogP contribution in [0.1, 0.15) is 48.5 Å². The second-order valence-electron chi connectivity index (χ2n) is 5.81. The van der Waals surface area contributed by atoms with Gasteiger partial charge in [-0.05, 0) is 44.2 Å². The molecule has 0 aliphatic carbocycles. The Balaban J connectivity index is 2.26. The van der Waals surface area contributed by atoms with E-state index in [9.17, 15) is 19.8 Å². The highest BCUT2D eigenvalue weighted by molar-refractivity contribution is 5.93. The first-order valence-electron chi connectivity index (χ1n) is 7.85. The van der Waals surface area contributed by atoms with Gasteiger partial charge in [0.25, 0.3) is 0 Å². The number of cyclic esters (lactones) is 1. The Morgan fingerprint density at radius 2 is 1.83 bits per heavy atom. The number of hydrogen-bond donors (Lipinski definition) is 2. The lowest BCUT2D eigenvalue weighted by molar-refractivity contribution is -0.135. The fraction of sp³-hybridized carbons (Fsp3) is 0.444. The van der Waals surface area contributed by atoms with E-state index in [1.54, 1.807) is 43.3 Å². The number of hydrogen-bond acceptors (Lipinski definition) is 5. The second-order valence-corrected chi connectivity index (χ2v) is 5.81. The maximum atomic E-state index is 12.3. The molecule has 0 spiro atoms. The summed E-state index contributed by atoms with van der Waals surface area (Å²) in [5, 5.41) is 19.7. The zero-order valence-electron chi connectivity index (χ0n) is 13.1. The molecule has 3 atom stereocenters. The average Bonchev–Trinajstić information content (AvgIpc) is 2.53. The van der Waals surface area contributed by atoms with E-state index < -0.39 is 24.0 Å². The Bertz CT molecular complexity index is 593. The van der Waals surface area contributed by atoms with Crippen LogP contribution in [-0.4, -0.2) is 40.3 Å². The molecule has 1 heterocycles. The SMILES string of the molecule is C[C@H]1CCC[C@H](O)C(=O)[C@H](O)C/C=C/c2ccccc2C(=O)O1. The van der Waals surface area contributed by atoms with Gasteiger partial charge in [-0.2, -0.15) is 0 Å². The van der Waals surface area contributed by atoms with E-state index in [0.717, 1.165) is 0 Å². The minimum Gasteiger partial charge on any atom is -0.459 e. The minimum absolute atomic E-state index is 0.0929. The van der Waals surface area contributed by atoms with Gasteiger partial charge in [-0.3, -0.25) is 4.79 Å². The first-order valence-corrected chi connectivity index (χ1v) is 7.85. The van der Waals surface area contributed by atoms with E-state index in [2.05, 4.69) is 0 Å². The smallest absolute Gasteiger partial charge is 0.338 e. The van der Waals surface area contributed by atoms with Crippen molar-refractivity contribution in [1.82, 2.24) is 0 Å². The van der Waals surface area contributed by atoms with E-state index in [1.807, 2.05) is 0 Å². The molecule has 1 aliphatic rings. The molecule has 2 N–H and O–H groups in total. The lowest BCUT2D eigenvalue weighted by Crippen LogP contribution is -2.32. The van der Waals surface area contributed by atoms with Crippen molar-refractivity contribution < 1.29 is 24.5 Å². The maximum absolute atomic E-state index is 12.3. The summed E-state index contributed by atoms with van der Waals surface area (Å²) in [4.78, 5) is 24.1. The third-order valence-corrected chi connectivity index (χ3v) is 3.89. The van der Waals surface area contributed by atoms with Crippen LogP contribution in [0.25, 0.3) is 6.08 Å². The van der Waals surface area contributed by atoms with Crippen molar-refractivity contribution in [2.75, 3.05) is 0 Å². The highest BCUT2D eigenvalue weighted by Gasteiger charge is 2.23. The maximum Gasteiger partial charge on any atom is 0.338 e. The van der Waals surface area contributed by atoms with Gasteiger partial charge in [-0.1, -0.05) is 30.4 Å². The van der Waals surface area contributed by atoms with E-state index >= 15 is 0 Å².